The Bertz CT molecular complexity index is 373. The van der Waals surface area contributed by atoms with Crippen molar-refractivity contribution in [1.29, 1.82) is 0 Å². The maximum atomic E-state index is 11.7. The summed E-state index contributed by atoms with van der Waals surface area (Å²) in [6.07, 6.45) is 2.19. The lowest BCUT2D eigenvalue weighted by Crippen LogP contribution is -2.30. The van der Waals surface area contributed by atoms with Crippen molar-refractivity contribution in [2.24, 2.45) is 0 Å². The smallest absolute Gasteiger partial charge is 0.246 e. The molecule has 21 heavy (non-hydrogen) atoms. The van der Waals surface area contributed by atoms with Crippen LogP contribution in [-0.2, 0) is 14.3 Å². The maximum Gasteiger partial charge on any atom is 0.246 e. The third-order valence-electron chi connectivity index (χ3n) is 2.92. The van der Waals surface area contributed by atoms with Crippen LogP contribution in [0.4, 0.5) is 0 Å². The average Bonchev–Trinajstić information content (AvgIpc) is 2.47. The van der Waals surface area contributed by atoms with E-state index < -0.39 is 0 Å². The van der Waals surface area contributed by atoms with E-state index in [0.29, 0.717) is 13.2 Å². The first-order valence-corrected chi connectivity index (χ1v) is 7.23. The quantitative estimate of drug-likeness (QED) is 0.676. The highest BCUT2D eigenvalue weighted by atomic mass is 32.1. The van der Waals surface area contributed by atoms with Crippen LogP contribution in [-0.4, -0.2) is 32.3 Å². The SMILES string of the molecule is CCCCOCCOCC(=O)N[C@@H](C)c1ccccc1.S. The van der Waals surface area contributed by atoms with Crippen LogP contribution in [0, 0.1) is 0 Å². The van der Waals surface area contributed by atoms with E-state index in [9.17, 15) is 4.79 Å². The number of benzene rings is 1. The highest BCUT2D eigenvalue weighted by molar-refractivity contribution is 7.59. The van der Waals surface area contributed by atoms with E-state index in [1.807, 2.05) is 37.3 Å². The minimum Gasteiger partial charge on any atom is -0.379 e. The standard InChI is InChI=1S/C16H25NO3.H2S/c1-3-4-10-19-11-12-20-13-16(18)17-14(2)15-8-6-5-7-9-15;/h5-9,14H,3-4,10-13H2,1-2H3,(H,17,18);1H2/t14-;/m0./s1. The first-order chi connectivity index (χ1) is 9.74. The second-order valence-corrected chi connectivity index (χ2v) is 4.72. The molecule has 1 atom stereocenters. The summed E-state index contributed by atoms with van der Waals surface area (Å²) in [6.45, 7) is 5.92. The molecule has 0 fully saturated rings. The van der Waals surface area contributed by atoms with Gasteiger partial charge in [-0.2, -0.15) is 13.5 Å². The van der Waals surface area contributed by atoms with Crippen molar-refractivity contribution < 1.29 is 14.3 Å². The Kier molecular flexibility index (Phi) is 12.1. The Morgan fingerprint density at radius 3 is 2.48 bits per heavy atom. The number of carbonyl (C=O) groups is 1. The van der Waals surface area contributed by atoms with E-state index in [2.05, 4.69) is 12.2 Å². The summed E-state index contributed by atoms with van der Waals surface area (Å²) >= 11 is 0. The van der Waals surface area contributed by atoms with Crippen LogP contribution in [0.5, 0.6) is 0 Å². The van der Waals surface area contributed by atoms with Crippen molar-refractivity contribution in [1.82, 2.24) is 5.32 Å². The Hall–Kier alpha value is -1.04. The largest absolute Gasteiger partial charge is 0.379 e. The summed E-state index contributed by atoms with van der Waals surface area (Å²) in [7, 11) is 0. The number of unbranched alkanes of at least 4 members (excludes halogenated alkanes) is 1. The van der Waals surface area contributed by atoms with Crippen molar-refractivity contribution in [3.63, 3.8) is 0 Å². The molecule has 1 N–H and O–H groups in total. The summed E-state index contributed by atoms with van der Waals surface area (Å²) in [4.78, 5) is 11.7. The predicted molar refractivity (Wildman–Crippen MR) is 89.9 cm³/mol. The molecule has 5 heteroatoms. The molecule has 4 nitrogen and oxygen atoms in total. The molecule has 0 saturated carbocycles. The van der Waals surface area contributed by atoms with Gasteiger partial charge in [-0.3, -0.25) is 4.79 Å². The number of ether oxygens (including phenoxy) is 2. The van der Waals surface area contributed by atoms with Gasteiger partial charge >= 0.3 is 0 Å². The van der Waals surface area contributed by atoms with E-state index in [1.165, 1.54) is 0 Å². The topological polar surface area (TPSA) is 47.6 Å². The second-order valence-electron chi connectivity index (χ2n) is 4.72. The van der Waals surface area contributed by atoms with Gasteiger partial charge in [-0.15, -0.1) is 0 Å². The Balaban J connectivity index is 0.00000400. The minimum atomic E-state index is -0.102. The van der Waals surface area contributed by atoms with Gasteiger partial charge in [0.2, 0.25) is 5.91 Å². The monoisotopic (exact) mass is 313 g/mol. The number of hydrogen-bond acceptors (Lipinski definition) is 3. The zero-order chi connectivity index (χ0) is 14.6. The molecule has 0 aliphatic rings. The number of carbonyl (C=O) groups excluding carboxylic acids is 1. The lowest BCUT2D eigenvalue weighted by Gasteiger charge is -2.14. The third kappa shape index (κ3) is 9.50. The second kappa shape index (κ2) is 12.7. The Morgan fingerprint density at radius 1 is 1.14 bits per heavy atom. The third-order valence-corrected chi connectivity index (χ3v) is 2.92. The van der Waals surface area contributed by atoms with Gasteiger partial charge in [-0.25, -0.2) is 0 Å². The molecule has 0 aliphatic carbocycles. The molecule has 0 spiro atoms. The van der Waals surface area contributed by atoms with Crippen molar-refractivity contribution in [2.75, 3.05) is 26.4 Å². The fraction of sp³-hybridized carbons (Fsp3) is 0.562. The molecular weight excluding hydrogens is 286 g/mol. The minimum absolute atomic E-state index is 0. The van der Waals surface area contributed by atoms with Gasteiger partial charge in [-0.05, 0) is 18.9 Å². The molecule has 1 amide bonds. The summed E-state index contributed by atoms with van der Waals surface area (Å²) in [5.41, 5.74) is 1.09. The Morgan fingerprint density at radius 2 is 1.81 bits per heavy atom. The van der Waals surface area contributed by atoms with Crippen molar-refractivity contribution >= 4 is 19.4 Å². The van der Waals surface area contributed by atoms with E-state index in [-0.39, 0.29) is 32.1 Å². The number of amides is 1. The number of nitrogens with one attached hydrogen (secondary N) is 1. The predicted octanol–water partition coefficient (Wildman–Crippen LogP) is 2.81. The van der Waals surface area contributed by atoms with Gasteiger partial charge in [0, 0.05) is 6.61 Å². The first kappa shape index (κ1) is 20.0. The van der Waals surface area contributed by atoms with Gasteiger partial charge in [0.15, 0.2) is 0 Å². The number of rotatable bonds is 10. The molecule has 1 aromatic rings. The first-order valence-electron chi connectivity index (χ1n) is 7.23. The molecule has 0 bridgehead atoms. The normalized spacial score (nSPS) is 11.5. The van der Waals surface area contributed by atoms with E-state index in [0.717, 1.165) is 25.0 Å². The fourth-order valence-corrected chi connectivity index (χ4v) is 1.74. The van der Waals surface area contributed by atoms with Gasteiger partial charge < -0.3 is 14.8 Å². The van der Waals surface area contributed by atoms with Gasteiger partial charge in [0.1, 0.15) is 6.61 Å². The summed E-state index contributed by atoms with van der Waals surface area (Å²) in [6, 6.07) is 9.86. The molecule has 0 aromatic heterocycles. The maximum absolute atomic E-state index is 11.7. The average molecular weight is 313 g/mol. The highest BCUT2D eigenvalue weighted by Crippen LogP contribution is 2.10. The number of hydrogen-bond donors (Lipinski definition) is 1. The molecule has 0 aliphatic heterocycles. The van der Waals surface area contributed by atoms with Crippen molar-refractivity contribution in [3.8, 4) is 0 Å². The van der Waals surface area contributed by atoms with Crippen LogP contribution < -0.4 is 5.32 Å². The van der Waals surface area contributed by atoms with Gasteiger partial charge in [-0.1, -0.05) is 43.7 Å². The van der Waals surface area contributed by atoms with Crippen LogP contribution in [0.3, 0.4) is 0 Å². The summed E-state index contributed by atoms with van der Waals surface area (Å²) in [5.74, 6) is -0.102. The van der Waals surface area contributed by atoms with Crippen LogP contribution in [0.15, 0.2) is 30.3 Å². The lowest BCUT2D eigenvalue weighted by molar-refractivity contribution is -0.126. The van der Waals surface area contributed by atoms with Crippen molar-refractivity contribution in [3.05, 3.63) is 35.9 Å². The highest BCUT2D eigenvalue weighted by Gasteiger charge is 2.08. The molecule has 1 rings (SSSR count). The van der Waals surface area contributed by atoms with Crippen LogP contribution in [0.25, 0.3) is 0 Å². The van der Waals surface area contributed by atoms with Crippen LogP contribution in [0.1, 0.15) is 38.3 Å². The lowest BCUT2D eigenvalue weighted by atomic mass is 10.1. The molecule has 0 heterocycles. The molecule has 0 radical (unpaired) electrons. The molecule has 1 aromatic carbocycles. The van der Waals surface area contributed by atoms with E-state index in [4.69, 9.17) is 9.47 Å². The molecule has 120 valence electrons. The van der Waals surface area contributed by atoms with Crippen LogP contribution in [0.2, 0.25) is 0 Å². The van der Waals surface area contributed by atoms with Crippen molar-refractivity contribution in [2.45, 2.75) is 32.7 Å². The zero-order valence-corrected chi connectivity index (χ0v) is 13.9. The zero-order valence-electron chi connectivity index (χ0n) is 12.9. The Labute approximate surface area is 134 Å². The van der Waals surface area contributed by atoms with E-state index >= 15 is 0 Å². The van der Waals surface area contributed by atoms with E-state index in [1.54, 1.807) is 0 Å². The summed E-state index contributed by atoms with van der Waals surface area (Å²) in [5, 5.41) is 2.90. The van der Waals surface area contributed by atoms with Gasteiger partial charge in [0.05, 0.1) is 19.3 Å². The fourth-order valence-electron chi connectivity index (χ4n) is 1.74. The summed E-state index contributed by atoms with van der Waals surface area (Å²) < 4.78 is 10.6. The molecule has 0 saturated heterocycles. The van der Waals surface area contributed by atoms with Gasteiger partial charge in [0.25, 0.3) is 0 Å². The van der Waals surface area contributed by atoms with Crippen LogP contribution >= 0.6 is 13.5 Å². The molecular formula is C16H27NO3S. The molecule has 0 unspecified atom stereocenters.